The number of aryl methyl sites for hydroxylation is 2. The van der Waals surface area contributed by atoms with Gasteiger partial charge in [-0.2, -0.15) is 17.5 Å². The Morgan fingerprint density at radius 2 is 1.83 bits per heavy atom. The molecule has 3 heterocycles. The Kier molecular flexibility index (Phi) is 7.30. The van der Waals surface area contributed by atoms with Gasteiger partial charge in [0.1, 0.15) is 16.2 Å². The first-order valence-corrected chi connectivity index (χ1v) is 14.5. The van der Waals surface area contributed by atoms with Gasteiger partial charge in [0.15, 0.2) is 5.65 Å². The molecule has 4 aromatic rings. The minimum Gasteiger partial charge on any atom is -0.485 e. The van der Waals surface area contributed by atoms with Gasteiger partial charge in [0.05, 0.1) is 13.0 Å². The molecule has 1 aliphatic heterocycles. The summed E-state index contributed by atoms with van der Waals surface area (Å²) in [4.78, 5) is 12.0. The molecule has 0 saturated carbocycles. The number of fused-ring (bicyclic) bond motifs is 2. The van der Waals surface area contributed by atoms with Crippen molar-refractivity contribution < 1.29 is 36.2 Å². The number of para-hydroxylation sites is 1. The van der Waals surface area contributed by atoms with Crippen molar-refractivity contribution in [2.24, 2.45) is 0 Å². The van der Waals surface area contributed by atoms with Crippen LogP contribution in [0.2, 0.25) is 0 Å². The third kappa shape index (κ3) is 5.45. The van der Waals surface area contributed by atoms with Gasteiger partial charge in [0.25, 0.3) is 0 Å². The molecule has 0 bridgehead atoms. The molecule has 0 unspecified atom stereocenters. The first-order valence-electron chi connectivity index (χ1n) is 13.1. The van der Waals surface area contributed by atoms with E-state index in [2.05, 4.69) is 10.2 Å². The summed E-state index contributed by atoms with van der Waals surface area (Å²) in [6.45, 7) is 7.08. The Morgan fingerprint density at radius 1 is 1.12 bits per heavy atom. The van der Waals surface area contributed by atoms with Crippen LogP contribution in [0, 0.1) is 13.8 Å². The monoisotopic (exact) mass is 602 g/mol. The highest BCUT2D eigenvalue weighted by molar-refractivity contribution is 7.89. The number of benzene rings is 2. The zero-order valence-corrected chi connectivity index (χ0v) is 24.1. The average molecular weight is 603 g/mol. The molecule has 1 aliphatic rings. The second-order valence-corrected chi connectivity index (χ2v) is 12.9. The van der Waals surface area contributed by atoms with Crippen LogP contribution >= 0.6 is 0 Å². The van der Waals surface area contributed by atoms with Gasteiger partial charge >= 0.3 is 12.1 Å². The summed E-state index contributed by atoms with van der Waals surface area (Å²) in [7, 11) is -3.95. The maximum Gasteiger partial charge on any atom is 0.452 e. The number of alkyl halides is 3. The van der Waals surface area contributed by atoms with E-state index in [-0.39, 0.29) is 35.8 Å². The number of hydrogen-bond donors (Lipinski definition) is 1. The maximum absolute atomic E-state index is 13.7. The molecule has 0 spiro atoms. The van der Waals surface area contributed by atoms with Gasteiger partial charge in [-0.1, -0.05) is 30.3 Å². The molecule has 0 aliphatic carbocycles. The fraction of sp³-hybridized carbons (Fsp3) is 0.345. The molecule has 1 N–H and O–H groups in total. The molecular weight excluding hydrogens is 573 g/mol. The molecule has 42 heavy (non-hydrogen) atoms. The Morgan fingerprint density at radius 3 is 2.52 bits per heavy atom. The number of aliphatic carboxylic acids is 1. The molecule has 13 heteroatoms. The summed E-state index contributed by atoms with van der Waals surface area (Å²) < 4.78 is 75.9. The van der Waals surface area contributed by atoms with E-state index in [0.29, 0.717) is 22.3 Å². The van der Waals surface area contributed by atoms with E-state index < -0.39 is 39.5 Å². The highest BCUT2D eigenvalue weighted by Crippen LogP contribution is 2.37. The summed E-state index contributed by atoms with van der Waals surface area (Å²) in [5.74, 6) is -2.76. The highest BCUT2D eigenvalue weighted by atomic mass is 32.2. The van der Waals surface area contributed by atoms with Crippen molar-refractivity contribution in [2.75, 3.05) is 6.54 Å². The van der Waals surface area contributed by atoms with Gasteiger partial charge in [-0.15, -0.1) is 10.2 Å². The van der Waals surface area contributed by atoms with Gasteiger partial charge in [0.2, 0.25) is 15.8 Å². The average Bonchev–Trinajstić information content (AvgIpc) is 3.31. The van der Waals surface area contributed by atoms with E-state index in [1.165, 1.54) is 22.6 Å². The number of carboxylic acids is 1. The first-order chi connectivity index (χ1) is 19.6. The van der Waals surface area contributed by atoms with Crippen molar-refractivity contribution >= 4 is 21.6 Å². The summed E-state index contributed by atoms with van der Waals surface area (Å²) in [6.07, 6.45) is -3.88. The number of ether oxygens (including phenoxy) is 1. The molecule has 0 amide bonds. The lowest BCUT2D eigenvalue weighted by Crippen LogP contribution is -2.42. The largest absolute Gasteiger partial charge is 0.485 e. The fourth-order valence-electron chi connectivity index (χ4n) is 5.39. The zero-order chi connectivity index (χ0) is 30.6. The second-order valence-electron chi connectivity index (χ2n) is 11.0. The van der Waals surface area contributed by atoms with Crippen molar-refractivity contribution in [2.45, 2.75) is 63.3 Å². The number of rotatable bonds is 6. The third-order valence-electron chi connectivity index (χ3n) is 7.41. The Balaban J connectivity index is 1.57. The van der Waals surface area contributed by atoms with Crippen molar-refractivity contribution in [3.8, 4) is 5.75 Å². The van der Waals surface area contributed by atoms with E-state index in [0.717, 1.165) is 9.96 Å². The van der Waals surface area contributed by atoms with Crippen LogP contribution in [0.5, 0.6) is 5.75 Å². The fourth-order valence-corrected chi connectivity index (χ4v) is 7.07. The molecular formula is C29H29F3N4O5S. The summed E-state index contributed by atoms with van der Waals surface area (Å²) in [5, 5.41) is 16.8. The number of halogens is 3. The number of carbonyl (C=O) groups is 1. The van der Waals surface area contributed by atoms with Crippen molar-refractivity contribution in [1.82, 2.24) is 18.9 Å². The standard InChI is InChI=1S/C29H29F3N4O5S/c1-17-9-10-19(13-20(17)15-35-16-28(3,4)41-23-7-5-6-8-24(23)42(35,39)40)22(14-25(37)38)21-11-12-36-26(18(21)2)33-34-27(36)29(30,31)32/h5-13,22H,14-16H2,1-4H3,(H,37,38)/t22-/m1/s1. The molecule has 1 atom stereocenters. The Labute approximate surface area is 240 Å². The maximum atomic E-state index is 13.7. The number of carboxylic acid groups (broad SMARTS) is 1. The molecule has 0 radical (unpaired) electrons. The highest BCUT2D eigenvalue weighted by Gasteiger charge is 2.39. The zero-order valence-electron chi connectivity index (χ0n) is 23.3. The predicted molar refractivity (Wildman–Crippen MR) is 147 cm³/mol. The van der Waals surface area contributed by atoms with E-state index in [1.54, 1.807) is 57.2 Å². The van der Waals surface area contributed by atoms with Crippen LogP contribution in [-0.2, 0) is 27.5 Å². The summed E-state index contributed by atoms with van der Waals surface area (Å²) in [5.41, 5.74) is 1.99. The van der Waals surface area contributed by atoms with Crippen LogP contribution in [0.1, 0.15) is 59.8 Å². The van der Waals surface area contributed by atoms with Gasteiger partial charge in [-0.3, -0.25) is 9.20 Å². The lowest BCUT2D eigenvalue weighted by Gasteiger charge is -2.29. The van der Waals surface area contributed by atoms with Gasteiger partial charge in [-0.25, -0.2) is 8.42 Å². The van der Waals surface area contributed by atoms with Gasteiger partial charge in [-0.05, 0) is 73.7 Å². The number of aromatic nitrogens is 3. The van der Waals surface area contributed by atoms with E-state index in [1.807, 2.05) is 6.92 Å². The summed E-state index contributed by atoms with van der Waals surface area (Å²) in [6, 6.07) is 13.2. The molecule has 5 rings (SSSR count). The van der Waals surface area contributed by atoms with E-state index in [4.69, 9.17) is 4.74 Å². The smallest absolute Gasteiger partial charge is 0.452 e. The SMILES string of the molecule is Cc1ccc([C@@H](CC(=O)O)c2ccn3c(C(F)(F)F)nnc3c2C)cc1CN1CC(C)(C)Oc2ccccc2S1(=O)=O. The summed E-state index contributed by atoms with van der Waals surface area (Å²) >= 11 is 0. The minimum absolute atomic E-state index is 0.0000597. The number of pyridine rings is 1. The normalized spacial score (nSPS) is 17.3. The minimum atomic E-state index is -4.71. The third-order valence-corrected chi connectivity index (χ3v) is 9.24. The lowest BCUT2D eigenvalue weighted by molar-refractivity contribution is -0.145. The molecule has 0 fully saturated rings. The van der Waals surface area contributed by atoms with Crippen molar-refractivity contribution in [3.63, 3.8) is 0 Å². The van der Waals surface area contributed by atoms with Gasteiger partial charge < -0.3 is 9.84 Å². The number of nitrogens with zero attached hydrogens (tertiary/aromatic N) is 4. The van der Waals surface area contributed by atoms with Crippen LogP contribution in [-0.4, -0.2) is 50.5 Å². The number of hydrogen-bond acceptors (Lipinski definition) is 6. The molecule has 2 aromatic carbocycles. The topological polar surface area (TPSA) is 114 Å². The van der Waals surface area contributed by atoms with E-state index in [9.17, 15) is 31.5 Å². The van der Waals surface area contributed by atoms with Crippen LogP contribution in [0.15, 0.2) is 59.6 Å². The van der Waals surface area contributed by atoms with E-state index >= 15 is 0 Å². The number of sulfonamides is 1. The van der Waals surface area contributed by atoms with Crippen molar-refractivity contribution in [3.05, 3.63) is 88.4 Å². The predicted octanol–water partition coefficient (Wildman–Crippen LogP) is 5.33. The molecule has 222 valence electrons. The Hall–Kier alpha value is -3.97. The van der Waals surface area contributed by atoms with Crippen LogP contribution < -0.4 is 4.74 Å². The molecule has 9 nitrogen and oxygen atoms in total. The van der Waals surface area contributed by atoms with Crippen LogP contribution in [0.25, 0.3) is 5.65 Å². The first kappa shape index (κ1) is 29.5. The van der Waals surface area contributed by atoms with Crippen molar-refractivity contribution in [1.29, 1.82) is 0 Å². The molecule has 0 saturated heterocycles. The van der Waals surface area contributed by atoms with Crippen LogP contribution in [0.3, 0.4) is 0 Å². The van der Waals surface area contributed by atoms with Crippen LogP contribution in [0.4, 0.5) is 13.2 Å². The quantitative estimate of drug-likeness (QED) is 0.317. The molecule has 2 aromatic heterocycles. The Bertz CT molecular complexity index is 1800. The van der Waals surface area contributed by atoms with Gasteiger partial charge in [0, 0.05) is 18.7 Å². The lowest BCUT2D eigenvalue weighted by atomic mass is 9.85. The second kappa shape index (κ2) is 10.4.